The number of carbonyl (C=O) groups excluding carboxylic acids is 2. The molecule has 0 atom stereocenters. The number of ether oxygens (including phenoxy) is 1. The fraction of sp³-hybridized carbons (Fsp3) is 0.222. The van der Waals surface area contributed by atoms with Gasteiger partial charge in [-0.15, -0.1) is 0 Å². The van der Waals surface area contributed by atoms with Crippen LogP contribution in [-0.2, 0) is 0 Å². The number of unbranched alkanes of at least 4 members (excludes halogenated alkanes) is 1. The molecule has 0 saturated carbocycles. The third kappa shape index (κ3) is 2.17. The molecule has 2 aromatic carbocycles. The van der Waals surface area contributed by atoms with E-state index in [1.807, 2.05) is 6.92 Å². The Labute approximate surface area is 128 Å². The van der Waals surface area contributed by atoms with Gasteiger partial charge in [-0.2, -0.15) is 0 Å². The SMILES string of the molecule is CCCCOc1ccc2c(c1O)C(=O)c1ccccc1C2=O. The molecule has 0 bridgehead atoms. The van der Waals surface area contributed by atoms with Crippen molar-refractivity contribution < 1.29 is 19.4 Å². The molecule has 0 amide bonds. The van der Waals surface area contributed by atoms with Crippen LogP contribution in [0.3, 0.4) is 0 Å². The van der Waals surface area contributed by atoms with E-state index in [9.17, 15) is 14.7 Å². The van der Waals surface area contributed by atoms with Crippen LogP contribution < -0.4 is 4.74 Å². The van der Waals surface area contributed by atoms with Crippen molar-refractivity contribution >= 4 is 11.6 Å². The maximum Gasteiger partial charge on any atom is 0.198 e. The summed E-state index contributed by atoms with van der Waals surface area (Å²) in [5.74, 6) is -0.599. The highest BCUT2D eigenvalue weighted by molar-refractivity contribution is 6.29. The van der Waals surface area contributed by atoms with E-state index in [0.29, 0.717) is 17.7 Å². The van der Waals surface area contributed by atoms with Crippen LogP contribution in [0.2, 0.25) is 0 Å². The van der Waals surface area contributed by atoms with Crippen molar-refractivity contribution in [3.8, 4) is 11.5 Å². The second-order valence-corrected chi connectivity index (χ2v) is 5.24. The molecule has 22 heavy (non-hydrogen) atoms. The Bertz CT molecular complexity index is 762. The summed E-state index contributed by atoms with van der Waals surface area (Å²) >= 11 is 0. The lowest BCUT2D eigenvalue weighted by Crippen LogP contribution is -2.21. The largest absolute Gasteiger partial charge is 0.504 e. The first kappa shape index (κ1) is 14.3. The van der Waals surface area contributed by atoms with Gasteiger partial charge in [0.25, 0.3) is 0 Å². The average Bonchev–Trinajstić information content (AvgIpc) is 2.54. The molecule has 4 nitrogen and oxygen atoms in total. The Morgan fingerprint density at radius 1 is 0.955 bits per heavy atom. The summed E-state index contributed by atoms with van der Waals surface area (Å²) < 4.78 is 5.50. The van der Waals surface area contributed by atoms with Gasteiger partial charge in [0.05, 0.1) is 12.2 Å². The van der Waals surface area contributed by atoms with Crippen molar-refractivity contribution in [2.24, 2.45) is 0 Å². The molecule has 112 valence electrons. The zero-order valence-electron chi connectivity index (χ0n) is 12.3. The third-order valence-electron chi connectivity index (χ3n) is 3.78. The van der Waals surface area contributed by atoms with Gasteiger partial charge in [-0.1, -0.05) is 37.6 Å². The van der Waals surface area contributed by atoms with E-state index in [2.05, 4.69) is 0 Å². The molecule has 0 aliphatic heterocycles. The van der Waals surface area contributed by atoms with Crippen molar-refractivity contribution in [3.63, 3.8) is 0 Å². The van der Waals surface area contributed by atoms with E-state index in [0.717, 1.165) is 12.8 Å². The zero-order chi connectivity index (χ0) is 15.7. The first-order chi connectivity index (χ1) is 10.6. The van der Waals surface area contributed by atoms with Crippen LogP contribution in [0, 0.1) is 0 Å². The standard InChI is InChI=1S/C18H16O4/c1-2-3-10-22-14-9-8-13-15(18(14)21)17(20)12-7-5-4-6-11(12)16(13)19/h4-9,21H,2-3,10H2,1H3. The summed E-state index contributed by atoms with van der Waals surface area (Å²) in [4.78, 5) is 25.1. The number of hydrogen-bond acceptors (Lipinski definition) is 4. The fourth-order valence-electron chi connectivity index (χ4n) is 2.59. The second kappa shape index (κ2) is 5.64. The summed E-state index contributed by atoms with van der Waals surface area (Å²) in [5.41, 5.74) is 0.960. The fourth-order valence-corrected chi connectivity index (χ4v) is 2.59. The van der Waals surface area contributed by atoms with Gasteiger partial charge in [-0.25, -0.2) is 0 Å². The minimum Gasteiger partial charge on any atom is -0.504 e. The van der Waals surface area contributed by atoms with Gasteiger partial charge < -0.3 is 9.84 Å². The number of phenols is 1. The molecule has 3 rings (SSSR count). The highest BCUT2D eigenvalue weighted by Gasteiger charge is 2.32. The summed E-state index contributed by atoms with van der Waals surface area (Å²) in [5, 5.41) is 10.3. The zero-order valence-corrected chi connectivity index (χ0v) is 12.3. The summed E-state index contributed by atoms with van der Waals surface area (Å²) in [6.45, 7) is 2.50. The van der Waals surface area contributed by atoms with Gasteiger partial charge in [-0.05, 0) is 18.6 Å². The topological polar surface area (TPSA) is 63.6 Å². The van der Waals surface area contributed by atoms with E-state index < -0.39 is 0 Å². The first-order valence-electron chi connectivity index (χ1n) is 7.32. The van der Waals surface area contributed by atoms with E-state index in [1.54, 1.807) is 36.4 Å². The molecule has 0 fully saturated rings. The Balaban J connectivity index is 2.07. The normalized spacial score (nSPS) is 12.8. The molecule has 1 N–H and O–H groups in total. The molecule has 0 spiro atoms. The second-order valence-electron chi connectivity index (χ2n) is 5.24. The van der Waals surface area contributed by atoms with Crippen molar-refractivity contribution in [2.75, 3.05) is 6.61 Å². The van der Waals surface area contributed by atoms with Gasteiger partial charge >= 0.3 is 0 Å². The van der Waals surface area contributed by atoms with Gasteiger partial charge in [0.2, 0.25) is 0 Å². The lowest BCUT2D eigenvalue weighted by Gasteiger charge is -2.19. The van der Waals surface area contributed by atoms with Crippen LogP contribution in [0.5, 0.6) is 11.5 Å². The highest BCUT2D eigenvalue weighted by atomic mass is 16.5. The quantitative estimate of drug-likeness (QED) is 0.750. The van der Waals surface area contributed by atoms with Crippen molar-refractivity contribution in [1.29, 1.82) is 0 Å². The maximum atomic E-state index is 12.6. The predicted molar refractivity (Wildman–Crippen MR) is 81.8 cm³/mol. The van der Waals surface area contributed by atoms with E-state index in [-0.39, 0.29) is 34.2 Å². The number of phenolic OH excluding ortho intramolecular Hbond substituents is 1. The van der Waals surface area contributed by atoms with Crippen LogP contribution in [-0.4, -0.2) is 23.3 Å². The van der Waals surface area contributed by atoms with Crippen molar-refractivity contribution in [1.82, 2.24) is 0 Å². The number of ketones is 2. The highest BCUT2D eigenvalue weighted by Crippen LogP contribution is 2.38. The number of benzene rings is 2. The number of carbonyl (C=O) groups is 2. The molecule has 4 heteroatoms. The Hall–Kier alpha value is -2.62. The Morgan fingerprint density at radius 3 is 2.32 bits per heavy atom. The van der Waals surface area contributed by atoms with Crippen LogP contribution in [0.1, 0.15) is 51.6 Å². The Morgan fingerprint density at radius 2 is 1.64 bits per heavy atom. The van der Waals surface area contributed by atoms with Crippen molar-refractivity contribution in [3.05, 3.63) is 58.7 Å². The van der Waals surface area contributed by atoms with Gasteiger partial charge in [0.1, 0.15) is 0 Å². The lowest BCUT2D eigenvalue weighted by molar-refractivity contribution is 0.0976. The minimum absolute atomic E-state index is 0.0395. The van der Waals surface area contributed by atoms with Crippen LogP contribution in [0.15, 0.2) is 36.4 Å². The average molecular weight is 296 g/mol. The molecular formula is C18H16O4. The first-order valence-corrected chi connectivity index (χ1v) is 7.32. The summed E-state index contributed by atoms with van der Waals surface area (Å²) in [6.07, 6.45) is 1.82. The molecule has 1 aliphatic rings. The van der Waals surface area contributed by atoms with Gasteiger partial charge in [0.15, 0.2) is 23.1 Å². The smallest absolute Gasteiger partial charge is 0.198 e. The van der Waals surface area contributed by atoms with E-state index in [4.69, 9.17) is 4.74 Å². The van der Waals surface area contributed by atoms with E-state index in [1.165, 1.54) is 0 Å². The molecule has 0 saturated heterocycles. The predicted octanol–water partition coefficient (Wildman–Crippen LogP) is 3.35. The van der Waals surface area contributed by atoms with Gasteiger partial charge in [0, 0.05) is 16.7 Å². The van der Waals surface area contributed by atoms with Crippen molar-refractivity contribution in [2.45, 2.75) is 19.8 Å². The minimum atomic E-state index is -0.344. The van der Waals surface area contributed by atoms with Crippen LogP contribution in [0.25, 0.3) is 0 Å². The molecule has 0 heterocycles. The number of aromatic hydroxyl groups is 1. The number of rotatable bonds is 4. The van der Waals surface area contributed by atoms with Crippen LogP contribution in [0.4, 0.5) is 0 Å². The monoisotopic (exact) mass is 296 g/mol. The molecule has 2 aromatic rings. The molecule has 1 aliphatic carbocycles. The third-order valence-corrected chi connectivity index (χ3v) is 3.78. The Kier molecular flexibility index (Phi) is 3.67. The summed E-state index contributed by atoms with van der Waals surface area (Å²) in [6, 6.07) is 9.74. The molecule has 0 radical (unpaired) electrons. The number of fused-ring (bicyclic) bond motifs is 2. The molecule has 0 unspecified atom stereocenters. The summed E-state index contributed by atoms with van der Waals surface area (Å²) in [7, 11) is 0. The maximum absolute atomic E-state index is 12.6. The number of hydrogen-bond donors (Lipinski definition) is 1. The molecule has 0 aromatic heterocycles. The molecular weight excluding hydrogens is 280 g/mol. The van der Waals surface area contributed by atoms with E-state index >= 15 is 0 Å². The van der Waals surface area contributed by atoms with Crippen LogP contribution >= 0.6 is 0 Å². The lowest BCUT2D eigenvalue weighted by atomic mass is 9.83. The van der Waals surface area contributed by atoms with Gasteiger partial charge in [-0.3, -0.25) is 9.59 Å².